The standard InChI is InChI=1S/3C2H6O.5ClH.2Ti/c3*1-2-3;;;;;;;/h3*3H,2H2,1H3;5*1H;;/q;;;;;;;;;+4/p-5. The second-order valence-corrected chi connectivity index (χ2v) is 0.949. The summed E-state index contributed by atoms with van der Waals surface area (Å²) in [6.45, 7) is 5.79. The average Bonchev–Trinajstić information content (AvgIpc) is 1.70. The van der Waals surface area contributed by atoms with Gasteiger partial charge in [-0.3, -0.25) is 0 Å². The first-order valence-electron chi connectivity index (χ1n) is 3.07. The molecule has 0 amide bonds. The van der Waals surface area contributed by atoms with Gasteiger partial charge in [-0.15, -0.1) is 0 Å². The summed E-state index contributed by atoms with van der Waals surface area (Å²) in [5, 5.41) is 22.7. The molecule has 0 radical (unpaired) electrons. The number of rotatable bonds is 0. The van der Waals surface area contributed by atoms with Crippen LogP contribution in [0.15, 0.2) is 0 Å². The zero-order valence-corrected chi connectivity index (χ0v) is 16.3. The van der Waals surface area contributed by atoms with Crippen LogP contribution in [0.4, 0.5) is 0 Å². The number of halogens is 5. The van der Waals surface area contributed by atoms with E-state index in [0.717, 1.165) is 0 Å². The Balaban J connectivity index is -0.00000000346. The first-order chi connectivity index (χ1) is 4.24. The van der Waals surface area contributed by atoms with Gasteiger partial charge in [0, 0.05) is 41.5 Å². The topological polar surface area (TPSA) is 60.7 Å². The van der Waals surface area contributed by atoms with Crippen LogP contribution in [0.25, 0.3) is 0 Å². The van der Waals surface area contributed by atoms with E-state index in [2.05, 4.69) is 0 Å². The molecule has 0 heterocycles. The summed E-state index contributed by atoms with van der Waals surface area (Å²) in [6.07, 6.45) is 0. The molecule has 10 heteroatoms. The van der Waals surface area contributed by atoms with E-state index in [-0.39, 0.29) is 125 Å². The minimum Gasteiger partial charge on any atom is -1.00 e. The maximum absolute atomic E-state index is 7.57. The zero-order chi connectivity index (χ0) is 8.12. The van der Waals surface area contributed by atoms with Crippen molar-refractivity contribution in [2.45, 2.75) is 20.8 Å². The summed E-state index contributed by atoms with van der Waals surface area (Å²) in [6, 6.07) is 0. The first-order valence-corrected chi connectivity index (χ1v) is 3.07. The van der Waals surface area contributed by atoms with Gasteiger partial charge in [-0.1, -0.05) is 0 Å². The molecule has 0 aliphatic carbocycles. The fourth-order valence-electron chi connectivity index (χ4n) is 0. The average molecular weight is 411 g/mol. The number of hydrogen-bond acceptors (Lipinski definition) is 3. The Labute approximate surface area is 160 Å². The summed E-state index contributed by atoms with van der Waals surface area (Å²) in [4.78, 5) is 0. The van der Waals surface area contributed by atoms with Crippen molar-refractivity contribution < 1.29 is 121 Å². The largest absolute Gasteiger partial charge is 4.00 e. The molecule has 0 saturated carbocycles. The minimum absolute atomic E-state index is 0. The van der Waals surface area contributed by atoms with Gasteiger partial charge in [0.15, 0.2) is 0 Å². The van der Waals surface area contributed by atoms with Crippen molar-refractivity contribution in [3.63, 3.8) is 0 Å². The SMILES string of the molecule is CCO.CCO.CCO.[Cl-].[Cl-].[Cl-].[Cl-].[Cl-].[Ti+4].[Ti]. The number of aliphatic hydroxyl groups excluding tert-OH is 3. The molecule has 0 aliphatic rings. The number of aliphatic hydroxyl groups is 3. The molecule has 0 spiro atoms. The van der Waals surface area contributed by atoms with Gasteiger partial charge in [0.2, 0.25) is 0 Å². The minimum atomic E-state index is 0. The van der Waals surface area contributed by atoms with E-state index in [1.807, 2.05) is 0 Å². The molecule has 3 N–H and O–H groups in total. The van der Waals surface area contributed by atoms with Crippen LogP contribution < -0.4 is 62.0 Å². The molecule has 0 aromatic heterocycles. The molecule has 0 aromatic carbocycles. The van der Waals surface area contributed by atoms with E-state index in [4.69, 9.17) is 15.3 Å². The molecular weight excluding hydrogens is 393 g/mol. The van der Waals surface area contributed by atoms with Crippen LogP contribution in [0.3, 0.4) is 0 Å². The summed E-state index contributed by atoms with van der Waals surface area (Å²) in [7, 11) is 0. The van der Waals surface area contributed by atoms with E-state index in [1.54, 1.807) is 20.8 Å². The van der Waals surface area contributed by atoms with Crippen LogP contribution in [0, 0.1) is 0 Å². The van der Waals surface area contributed by atoms with Gasteiger partial charge in [0.25, 0.3) is 0 Å². The molecule has 104 valence electrons. The molecule has 0 unspecified atom stereocenters. The molecule has 0 atom stereocenters. The van der Waals surface area contributed by atoms with E-state index in [9.17, 15) is 0 Å². The molecule has 0 aromatic rings. The molecule has 0 saturated heterocycles. The normalized spacial score (nSPS) is 3.38. The van der Waals surface area contributed by atoms with Crippen LogP contribution in [0.1, 0.15) is 20.8 Å². The second kappa shape index (κ2) is 150. The fraction of sp³-hybridized carbons (Fsp3) is 1.00. The monoisotopic (exact) mass is 409 g/mol. The first kappa shape index (κ1) is 77.1. The van der Waals surface area contributed by atoms with Gasteiger partial charge in [-0.2, -0.15) is 0 Å². The van der Waals surface area contributed by atoms with Gasteiger partial charge in [-0.05, 0) is 20.8 Å². The predicted octanol–water partition coefficient (Wildman–Crippen LogP) is -15.0. The third kappa shape index (κ3) is 547. The Morgan fingerprint density at radius 3 is 0.562 bits per heavy atom. The third-order valence-corrected chi connectivity index (χ3v) is 0. The van der Waals surface area contributed by atoms with Gasteiger partial charge < -0.3 is 77.4 Å². The van der Waals surface area contributed by atoms with Gasteiger partial charge in [0.1, 0.15) is 0 Å². The maximum Gasteiger partial charge on any atom is 4.00 e. The zero-order valence-electron chi connectivity index (χ0n) is 9.35. The Morgan fingerprint density at radius 1 is 0.562 bits per heavy atom. The smallest absolute Gasteiger partial charge is 1.00 e. The van der Waals surface area contributed by atoms with Crippen molar-refractivity contribution >= 4 is 0 Å². The summed E-state index contributed by atoms with van der Waals surface area (Å²) in [5.41, 5.74) is 0. The van der Waals surface area contributed by atoms with Gasteiger partial charge in [-0.25, -0.2) is 0 Å². The Hall–Kier alpha value is 2.76. The summed E-state index contributed by atoms with van der Waals surface area (Å²) >= 11 is 0. The second-order valence-electron chi connectivity index (χ2n) is 0.949. The van der Waals surface area contributed by atoms with Crippen molar-refractivity contribution in [3.8, 4) is 0 Å². The molecule has 0 rings (SSSR count). The van der Waals surface area contributed by atoms with Gasteiger partial charge >= 0.3 is 21.7 Å². The molecular formula is C6H18Cl5O3Ti2-. The van der Waals surface area contributed by atoms with Crippen molar-refractivity contribution in [1.82, 2.24) is 0 Å². The molecule has 0 aliphatic heterocycles. The molecule has 0 fully saturated rings. The maximum atomic E-state index is 7.57. The van der Waals surface area contributed by atoms with Crippen LogP contribution in [-0.4, -0.2) is 35.1 Å². The Kier molecular flexibility index (Phi) is 725. The van der Waals surface area contributed by atoms with E-state index in [1.165, 1.54) is 0 Å². The Bertz CT molecular complexity index is 34.9. The van der Waals surface area contributed by atoms with E-state index < -0.39 is 0 Å². The van der Waals surface area contributed by atoms with E-state index in [0.29, 0.717) is 0 Å². The van der Waals surface area contributed by atoms with Crippen LogP contribution >= 0.6 is 0 Å². The van der Waals surface area contributed by atoms with E-state index >= 15 is 0 Å². The third-order valence-electron chi connectivity index (χ3n) is 0. The van der Waals surface area contributed by atoms with Crippen LogP contribution in [-0.2, 0) is 43.4 Å². The summed E-state index contributed by atoms with van der Waals surface area (Å²) < 4.78 is 0. The molecule has 0 bridgehead atoms. The quantitative estimate of drug-likeness (QED) is 0.347. The molecule has 3 nitrogen and oxygen atoms in total. The van der Waals surface area contributed by atoms with Crippen LogP contribution in [0.2, 0.25) is 0 Å². The fourth-order valence-corrected chi connectivity index (χ4v) is 0. The summed E-state index contributed by atoms with van der Waals surface area (Å²) in [5.74, 6) is 0. The Morgan fingerprint density at radius 2 is 0.562 bits per heavy atom. The predicted molar refractivity (Wildman–Crippen MR) is 38.3 cm³/mol. The van der Waals surface area contributed by atoms with Crippen molar-refractivity contribution in [2.24, 2.45) is 0 Å². The molecule has 16 heavy (non-hydrogen) atoms. The van der Waals surface area contributed by atoms with Gasteiger partial charge in [0.05, 0.1) is 0 Å². The van der Waals surface area contributed by atoms with Crippen LogP contribution in [0.5, 0.6) is 0 Å². The van der Waals surface area contributed by atoms with Crippen molar-refractivity contribution in [1.29, 1.82) is 0 Å². The number of hydrogen-bond donors (Lipinski definition) is 3. The van der Waals surface area contributed by atoms with Crippen molar-refractivity contribution in [2.75, 3.05) is 19.8 Å². The van der Waals surface area contributed by atoms with Crippen molar-refractivity contribution in [3.05, 3.63) is 0 Å².